The molecule has 1 aromatic carbocycles. The van der Waals surface area contributed by atoms with Crippen molar-refractivity contribution in [2.24, 2.45) is 0 Å². The number of anilines is 3. The molecule has 106 valence electrons. The highest BCUT2D eigenvalue weighted by Gasteiger charge is 2.11. The van der Waals surface area contributed by atoms with Crippen LogP contribution in [-0.4, -0.2) is 9.97 Å². The van der Waals surface area contributed by atoms with Crippen molar-refractivity contribution in [3.8, 4) is 0 Å². The van der Waals surface area contributed by atoms with Gasteiger partial charge < -0.3 is 11.1 Å². The van der Waals surface area contributed by atoms with Gasteiger partial charge in [0.1, 0.15) is 29.1 Å². The molecule has 3 N–H and O–H groups in total. The van der Waals surface area contributed by atoms with E-state index in [1.807, 2.05) is 13.8 Å². The molecule has 0 fully saturated rings. The average Bonchev–Trinajstić information content (AvgIpc) is 2.35. The molecule has 0 unspecified atom stereocenters. The molecule has 7 heteroatoms. The van der Waals surface area contributed by atoms with Gasteiger partial charge in [-0.05, 0) is 22.0 Å². The first-order valence-corrected chi connectivity index (χ1v) is 6.72. The van der Waals surface area contributed by atoms with Crippen molar-refractivity contribution in [2.45, 2.75) is 19.8 Å². The normalized spacial score (nSPS) is 10.9. The molecule has 0 atom stereocenters. The summed E-state index contributed by atoms with van der Waals surface area (Å²) < 4.78 is 27.0. The predicted octanol–water partition coefficient (Wildman–Crippen LogP) is 3.97. The van der Waals surface area contributed by atoms with Crippen LogP contribution in [0.3, 0.4) is 0 Å². The van der Waals surface area contributed by atoms with Crippen LogP contribution < -0.4 is 11.1 Å². The van der Waals surface area contributed by atoms with Crippen LogP contribution in [-0.2, 0) is 0 Å². The van der Waals surface area contributed by atoms with Gasteiger partial charge in [-0.1, -0.05) is 13.8 Å². The number of rotatable bonds is 3. The standard InChI is InChI=1S/C13H13BrF2N4/c1-6(2)13-19-11(17)5-12(20-13)18-10-3-7(14)8(15)4-9(10)16/h3-6H,1-2H3,(H3,17,18,19,20). The van der Waals surface area contributed by atoms with Crippen LogP contribution in [0.15, 0.2) is 22.7 Å². The molecule has 0 amide bonds. The highest BCUT2D eigenvalue weighted by atomic mass is 79.9. The molecule has 1 aromatic heterocycles. The summed E-state index contributed by atoms with van der Waals surface area (Å²) in [4.78, 5) is 8.34. The van der Waals surface area contributed by atoms with E-state index in [-0.39, 0.29) is 21.9 Å². The van der Waals surface area contributed by atoms with Crippen LogP contribution in [0.2, 0.25) is 0 Å². The van der Waals surface area contributed by atoms with Gasteiger partial charge in [0.2, 0.25) is 0 Å². The van der Waals surface area contributed by atoms with Gasteiger partial charge in [0, 0.05) is 18.1 Å². The maximum absolute atomic E-state index is 13.7. The van der Waals surface area contributed by atoms with Crippen molar-refractivity contribution in [1.29, 1.82) is 0 Å². The topological polar surface area (TPSA) is 63.8 Å². The molecule has 2 rings (SSSR count). The number of aromatic nitrogens is 2. The molecular formula is C13H13BrF2N4. The number of nitrogen functional groups attached to an aromatic ring is 1. The fourth-order valence-corrected chi connectivity index (χ4v) is 1.91. The van der Waals surface area contributed by atoms with E-state index in [1.165, 1.54) is 12.1 Å². The van der Waals surface area contributed by atoms with E-state index in [0.717, 1.165) is 6.07 Å². The second-order valence-electron chi connectivity index (χ2n) is 4.56. The number of nitrogens with two attached hydrogens (primary N) is 1. The molecule has 0 aliphatic rings. The summed E-state index contributed by atoms with van der Waals surface area (Å²) in [5.74, 6) is -0.101. The Morgan fingerprint density at radius 2 is 1.85 bits per heavy atom. The number of hydrogen-bond donors (Lipinski definition) is 2. The lowest BCUT2D eigenvalue weighted by molar-refractivity contribution is 0.581. The third kappa shape index (κ3) is 3.22. The molecule has 0 bridgehead atoms. The van der Waals surface area contributed by atoms with E-state index in [4.69, 9.17) is 5.73 Å². The van der Waals surface area contributed by atoms with Gasteiger partial charge in [0.05, 0.1) is 10.2 Å². The Hall–Kier alpha value is -1.76. The van der Waals surface area contributed by atoms with E-state index < -0.39 is 11.6 Å². The van der Waals surface area contributed by atoms with Gasteiger partial charge in [0.25, 0.3) is 0 Å². The van der Waals surface area contributed by atoms with Crippen molar-refractivity contribution >= 4 is 33.3 Å². The van der Waals surface area contributed by atoms with E-state index >= 15 is 0 Å². The summed E-state index contributed by atoms with van der Waals surface area (Å²) in [5, 5.41) is 2.77. The van der Waals surface area contributed by atoms with E-state index in [9.17, 15) is 8.78 Å². The van der Waals surface area contributed by atoms with Crippen LogP contribution in [0.1, 0.15) is 25.6 Å². The van der Waals surface area contributed by atoms with Crippen LogP contribution in [0.5, 0.6) is 0 Å². The fourth-order valence-electron chi connectivity index (χ4n) is 1.56. The van der Waals surface area contributed by atoms with Crippen LogP contribution in [0, 0.1) is 11.6 Å². The molecule has 20 heavy (non-hydrogen) atoms. The van der Waals surface area contributed by atoms with Crippen molar-refractivity contribution in [3.63, 3.8) is 0 Å². The Bertz CT molecular complexity index is 647. The zero-order chi connectivity index (χ0) is 14.9. The number of nitrogens with one attached hydrogen (secondary N) is 1. The lowest BCUT2D eigenvalue weighted by atomic mass is 10.2. The molecule has 0 aliphatic heterocycles. The summed E-state index contributed by atoms with van der Waals surface area (Å²) >= 11 is 3.01. The smallest absolute Gasteiger partial charge is 0.149 e. The highest BCUT2D eigenvalue weighted by molar-refractivity contribution is 9.10. The largest absolute Gasteiger partial charge is 0.384 e. The molecule has 0 saturated heterocycles. The van der Waals surface area contributed by atoms with Crippen molar-refractivity contribution < 1.29 is 8.78 Å². The molecule has 1 heterocycles. The van der Waals surface area contributed by atoms with Crippen molar-refractivity contribution in [2.75, 3.05) is 11.1 Å². The molecule has 0 aliphatic carbocycles. The van der Waals surface area contributed by atoms with Crippen molar-refractivity contribution in [1.82, 2.24) is 9.97 Å². The molecule has 0 saturated carbocycles. The number of benzene rings is 1. The second kappa shape index (κ2) is 5.70. The monoisotopic (exact) mass is 342 g/mol. The first kappa shape index (κ1) is 14.6. The SMILES string of the molecule is CC(C)c1nc(N)cc(Nc2cc(Br)c(F)cc2F)n1. The van der Waals surface area contributed by atoms with Gasteiger partial charge in [-0.25, -0.2) is 18.7 Å². The Kier molecular flexibility index (Phi) is 4.17. The summed E-state index contributed by atoms with van der Waals surface area (Å²) in [6.45, 7) is 3.85. The Morgan fingerprint density at radius 3 is 2.50 bits per heavy atom. The summed E-state index contributed by atoms with van der Waals surface area (Å²) in [6, 6.07) is 3.58. The minimum absolute atomic E-state index is 0.0869. The zero-order valence-corrected chi connectivity index (χ0v) is 12.5. The molecule has 2 aromatic rings. The molecule has 0 radical (unpaired) electrons. The number of nitrogens with zero attached hydrogens (tertiary/aromatic N) is 2. The Morgan fingerprint density at radius 1 is 1.15 bits per heavy atom. The van der Waals surface area contributed by atoms with Gasteiger partial charge in [0.15, 0.2) is 0 Å². The molecule has 4 nitrogen and oxygen atoms in total. The maximum atomic E-state index is 13.7. The number of halogens is 3. The molecule has 0 spiro atoms. The quantitative estimate of drug-likeness (QED) is 0.828. The third-order valence-corrected chi connectivity index (χ3v) is 3.16. The summed E-state index contributed by atoms with van der Waals surface area (Å²) in [7, 11) is 0. The Balaban J connectivity index is 2.37. The Labute approximate surface area is 123 Å². The van der Waals surface area contributed by atoms with Crippen LogP contribution in [0.4, 0.5) is 26.1 Å². The predicted molar refractivity (Wildman–Crippen MR) is 77.9 cm³/mol. The van der Waals surface area contributed by atoms with Gasteiger partial charge in [-0.2, -0.15) is 0 Å². The van der Waals surface area contributed by atoms with Crippen molar-refractivity contribution in [3.05, 3.63) is 40.1 Å². The van der Waals surface area contributed by atoms with Gasteiger partial charge in [-0.3, -0.25) is 0 Å². The highest BCUT2D eigenvalue weighted by Crippen LogP contribution is 2.26. The number of hydrogen-bond acceptors (Lipinski definition) is 4. The van der Waals surface area contributed by atoms with E-state index in [1.54, 1.807) is 0 Å². The first-order valence-electron chi connectivity index (χ1n) is 5.93. The first-order chi connectivity index (χ1) is 9.36. The fraction of sp³-hybridized carbons (Fsp3) is 0.231. The van der Waals surface area contributed by atoms with Crippen LogP contribution in [0.25, 0.3) is 0 Å². The minimum atomic E-state index is -0.714. The maximum Gasteiger partial charge on any atom is 0.149 e. The van der Waals surface area contributed by atoms with Gasteiger partial charge in [-0.15, -0.1) is 0 Å². The molecular weight excluding hydrogens is 330 g/mol. The van der Waals surface area contributed by atoms with E-state index in [2.05, 4.69) is 31.2 Å². The average molecular weight is 343 g/mol. The lowest BCUT2D eigenvalue weighted by Gasteiger charge is -2.11. The zero-order valence-electron chi connectivity index (χ0n) is 10.9. The minimum Gasteiger partial charge on any atom is -0.384 e. The third-order valence-electron chi connectivity index (χ3n) is 2.55. The second-order valence-corrected chi connectivity index (χ2v) is 5.42. The summed E-state index contributed by atoms with van der Waals surface area (Å²) in [6.07, 6.45) is 0. The van der Waals surface area contributed by atoms with E-state index in [0.29, 0.717) is 11.6 Å². The van der Waals surface area contributed by atoms with Crippen LogP contribution >= 0.6 is 15.9 Å². The summed E-state index contributed by atoms with van der Waals surface area (Å²) in [5.41, 5.74) is 5.79. The van der Waals surface area contributed by atoms with Gasteiger partial charge >= 0.3 is 0 Å². The lowest BCUT2D eigenvalue weighted by Crippen LogP contribution is -2.05.